The highest BCUT2D eigenvalue weighted by atomic mass is 16.3. The van der Waals surface area contributed by atoms with Gasteiger partial charge < -0.3 is 10.4 Å². The lowest BCUT2D eigenvalue weighted by molar-refractivity contribution is -0.116. The van der Waals surface area contributed by atoms with E-state index in [1.54, 1.807) is 0 Å². The van der Waals surface area contributed by atoms with Crippen LogP contribution in [0.1, 0.15) is 18.4 Å². The van der Waals surface area contributed by atoms with Crippen LogP contribution in [-0.2, 0) is 4.79 Å². The lowest BCUT2D eigenvalue weighted by Crippen LogP contribution is -2.38. The number of rotatable bonds is 2. The molecule has 0 spiro atoms. The van der Waals surface area contributed by atoms with Crippen molar-refractivity contribution in [1.82, 2.24) is 5.32 Å². The van der Waals surface area contributed by atoms with Gasteiger partial charge in [-0.2, -0.15) is 0 Å². The quantitative estimate of drug-likeness (QED) is 0.741. The van der Waals surface area contributed by atoms with Crippen LogP contribution in [0, 0.1) is 17.8 Å². The Hall–Kier alpha value is -1.79. The molecule has 1 aliphatic carbocycles. The zero-order valence-corrected chi connectivity index (χ0v) is 9.52. The largest absolute Gasteiger partial charge is 0.393 e. The molecule has 1 amide bonds. The Morgan fingerprint density at radius 2 is 2.06 bits per heavy atom. The van der Waals surface area contributed by atoms with E-state index in [-0.39, 0.29) is 12.0 Å². The van der Waals surface area contributed by atoms with Gasteiger partial charge in [-0.1, -0.05) is 24.1 Å². The minimum absolute atomic E-state index is 0.174. The fourth-order valence-corrected chi connectivity index (χ4v) is 1.80. The highest BCUT2D eigenvalue weighted by Crippen LogP contribution is 2.25. The molecule has 0 saturated heterocycles. The maximum Gasteiger partial charge on any atom is 0.296 e. The number of nitrogens with one attached hydrogen (secondary N) is 1. The summed E-state index contributed by atoms with van der Waals surface area (Å²) in [6.07, 6.45) is 1.39. The Bertz CT molecular complexity index is 438. The predicted molar refractivity (Wildman–Crippen MR) is 65.1 cm³/mol. The number of carbonyl (C=O) groups excluding carboxylic acids is 1. The van der Waals surface area contributed by atoms with Crippen molar-refractivity contribution in [2.24, 2.45) is 5.92 Å². The molecule has 1 saturated carbocycles. The summed E-state index contributed by atoms with van der Waals surface area (Å²) in [7, 11) is 0. The van der Waals surface area contributed by atoms with Crippen LogP contribution < -0.4 is 5.32 Å². The summed E-state index contributed by atoms with van der Waals surface area (Å²) in [5.41, 5.74) is 0.835. The molecule has 3 heteroatoms. The molecule has 1 aromatic carbocycles. The first kappa shape index (κ1) is 11.7. The number of hydrogen-bond donors (Lipinski definition) is 2. The number of aliphatic hydroxyl groups is 1. The highest BCUT2D eigenvalue weighted by Gasteiger charge is 2.26. The van der Waals surface area contributed by atoms with Crippen molar-refractivity contribution in [1.29, 1.82) is 0 Å². The molecule has 1 aliphatic rings. The van der Waals surface area contributed by atoms with E-state index in [0.29, 0.717) is 12.5 Å². The minimum atomic E-state index is -0.254. The van der Waals surface area contributed by atoms with Crippen LogP contribution in [0.15, 0.2) is 30.3 Å². The van der Waals surface area contributed by atoms with E-state index in [2.05, 4.69) is 17.2 Å². The molecule has 1 fully saturated rings. The van der Waals surface area contributed by atoms with E-state index in [4.69, 9.17) is 5.11 Å². The first-order valence-electron chi connectivity index (χ1n) is 5.77. The van der Waals surface area contributed by atoms with E-state index in [1.165, 1.54) is 0 Å². The van der Waals surface area contributed by atoms with Gasteiger partial charge >= 0.3 is 0 Å². The molecule has 2 rings (SSSR count). The Balaban J connectivity index is 1.76. The van der Waals surface area contributed by atoms with Gasteiger partial charge in [0.2, 0.25) is 0 Å². The molecule has 0 radical (unpaired) electrons. The first-order valence-corrected chi connectivity index (χ1v) is 5.77. The summed E-state index contributed by atoms with van der Waals surface area (Å²) in [4.78, 5) is 11.4. The van der Waals surface area contributed by atoms with E-state index in [0.717, 1.165) is 18.4 Å². The van der Waals surface area contributed by atoms with Crippen LogP contribution in [-0.4, -0.2) is 23.7 Å². The molecule has 0 bridgehead atoms. The van der Waals surface area contributed by atoms with Crippen LogP contribution in [0.2, 0.25) is 0 Å². The lowest BCUT2D eigenvalue weighted by atomic mass is 9.82. The Morgan fingerprint density at radius 3 is 2.71 bits per heavy atom. The van der Waals surface area contributed by atoms with E-state index in [9.17, 15) is 4.79 Å². The molecule has 1 aromatic rings. The second-order valence-corrected chi connectivity index (χ2v) is 4.32. The van der Waals surface area contributed by atoms with Crippen LogP contribution in [0.3, 0.4) is 0 Å². The third-order valence-electron chi connectivity index (χ3n) is 2.86. The van der Waals surface area contributed by atoms with Gasteiger partial charge in [-0.3, -0.25) is 4.79 Å². The Kier molecular flexibility index (Phi) is 3.79. The van der Waals surface area contributed by atoms with Crippen molar-refractivity contribution >= 4 is 5.91 Å². The third-order valence-corrected chi connectivity index (χ3v) is 2.86. The van der Waals surface area contributed by atoms with Gasteiger partial charge in [-0.25, -0.2) is 0 Å². The zero-order valence-electron chi connectivity index (χ0n) is 9.52. The van der Waals surface area contributed by atoms with Crippen molar-refractivity contribution in [3.8, 4) is 11.8 Å². The summed E-state index contributed by atoms with van der Waals surface area (Å²) in [5, 5.41) is 11.8. The van der Waals surface area contributed by atoms with E-state index in [1.807, 2.05) is 30.3 Å². The average molecular weight is 229 g/mol. The van der Waals surface area contributed by atoms with Crippen molar-refractivity contribution in [2.45, 2.75) is 18.9 Å². The predicted octanol–water partition coefficient (Wildman–Crippen LogP) is 0.925. The van der Waals surface area contributed by atoms with Crippen LogP contribution in [0.25, 0.3) is 0 Å². The number of aliphatic hydroxyl groups excluding tert-OH is 1. The molecule has 0 atom stereocenters. The molecule has 3 nitrogen and oxygen atoms in total. The van der Waals surface area contributed by atoms with Gasteiger partial charge in [0, 0.05) is 18.0 Å². The molecule has 17 heavy (non-hydrogen) atoms. The topological polar surface area (TPSA) is 49.3 Å². The van der Waals surface area contributed by atoms with Crippen molar-refractivity contribution in [2.75, 3.05) is 6.54 Å². The normalized spacial score (nSPS) is 21.9. The van der Waals surface area contributed by atoms with Crippen molar-refractivity contribution < 1.29 is 9.90 Å². The summed E-state index contributed by atoms with van der Waals surface area (Å²) in [6, 6.07) is 9.41. The maximum atomic E-state index is 11.4. The third kappa shape index (κ3) is 3.61. The van der Waals surface area contributed by atoms with Gasteiger partial charge in [0.05, 0.1) is 6.10 Å². The maximum absolute atomic E-state index is 11.4. The fraction of sp³-hybridized carbons (Fsp3) is 0.357. The highest BCUT2D eigenvalue weighted by molar-refractivity contribution is 5.94. The van der Waals surface area contributed by atoms with Crippen LogP contribution in [0.5, 0.6) is 0 Å². The number of amides is 1. The van der Waals surface area contributed by atoms with Crippen molar-refractivity contribution in [3.63, 3.8) is 0 Å². The molecule has 88 valence electrons. The van der Waals surface area contributed by atoms with Crippen LogP contribution >= 0.6 is 0 Å². The minimum Gasteiger partial charge on any atom is -0.393 e. The van der Waals surface area contributed by atoms with Gasteiger partial charge in [0.25, 0.3) is 5.91 Å². The molecular weight excluding hydrogens is 214 g/mol. The van der Waals surface area contributed by atoms with Gasteiger partial charge in [0.1, 0.15) is 0 Å². The molecule has 0 aromatic heterocycles. The molecular formula is C14H15NO2. The average Bonchev–Trinajstić information content (AvgIpc) is 2.32. The van der Waals surface area contributed by atoms with Crippen molar-refractivity contribution in [3.05, 3.63) is 35.9 Å². The van der Waals surface area contributed by atoms with Gasteiger partial charge in [0.15, 0.2) is 0 Å². The van der Waals surface area contributed by atoms with Gasteiger partial charge in [-0.15, -0.1) is 0 Å². The fourth-order valence-electron chi connectivity index (χ4n) is 1.80. The summed E-state index contributed by atoms with van der Waals surface area (Å²) in [6.45, 7) is 0.610. The number of carbonyl (C=O) groups is 1. The zero-order chi connectivity index (χ0) is 12.1. The molecule has 0 heterocycles. The molecule has 0 unspecified atom stereocenters. The summed E-state index contributed by atoms with van der Waals surface area (Å²) >= 11 is 0. The monoisotopic (exact) mass is 229 g/mol. The van der Waals surface area contributed by atoms with Crippen LogP contribution in [0.4, 0.5) is 0 Å². The smallest absolute Gasteiger partial charge is 0.296 e. The summed E-state index contributed by atoms with van der Waals surface area (Å²) in [5.74, 6) is 5.51. The lowest BCUT2D eigenvalue weighted by Gasteiger charge is -2.30. The SMILES string of the molecule is O=C(C#Cc1ccccc1)NCC1CC(O)C1. The first-order chi connectivity index (χ1) is 8.24. The van der Waals surface area contributed by atoms with Gasteiger partial charge in [-0.05, 0) is 30.9 Å². The standard InChI is InChI=1S/C14H15NO2/c16-13-8-12(9-13)10-15-14(17)7-6-11-4-2-1-3-5-11/h1-5,12-13,16H,8-10H2,(H,15,17). The number of hydrogen-bond acceptors (Lipinski definition) is 2. The Labute approximate surface area is 101 Å². The second-order valence-electron chi connectivity index (χ2n) is 4.32. The van der Waals surface area contributed by atoms with E-state index < -0.39 is 0 Å². The second kappa shape index (κ2) is 5.51. The molecule has 2 N–H and O–H groups in total. The number of benzene rings is 1. The molecule has 0 aliphatic heterocycles. The summed E-state index contributed by atoms with van der Waals surface area (Å²) < 4.78 is 0. The van der Waals surface area contributed by atoms with E-state index >= 15 is 0 Å². The Morgan fingerprint density at radius 1 is 1.35 bits per heavy atom.